The van der Waals surface area contributed by atoms with Crippen LogP contribution >= 0.6 is 198 Å². The summed E-state index contributed by atoms with van der Waals surface area (Å²) in [4.78, 5) is 93.0. The highest BCUT2D eigenvalue weighted by molar-refractivity contribution is 14.1. The van der Waals surface area contributed by atoms with Crippen LogP contribution in [0.5, 0.6) is 0 Å². The van der Waals surface area contributed by atoms with E-state index in [0.29, 0.717) is 117 Å². The number of imidazole rings is 5. The topological polar surface area (TPSA) is 375 Å². The fraction of sp³-hybridized carbons (Fsp3) is 0.400. The second kappa shape index (κ2) is 36.4. The van der Waals surface area contributed by atoms with Crippen molar-refractivity contribution in [2.45, 2.75) is 90.0 Å². The molecule has 0 aliphatic rings. The zero-order valence-electron chi connectivity index (χ0n) is 46.4. The van der Waals surface area contributed by atoms with Gasteiger partial charge in [-0.25, -0.2) is 48.9 Å². The summed E-state index contributed by atoms with van der Waals surface area (Å²) in [6.45, 7) is 5.78. The lowest BCUT2D eigenvalue weighted by Gasteiger charge is -2.16. The molecule has 0 fully saturated rings. The molecule has 0 spiro atoms. The Kier molecular flexibility index (Phi) is 32.3. The Hall–Kier alpha value is -2.34. The minimum atomic E-state index is -0.704. The van der Waals surface area contributed by atoms with Gasteiger partial charge in [0, 0.05) is 82.1 Å². The lowest BCUT2D eigenvalue weighted by Crippen LogP contribution is -2.27. The van der Waals surface area contributed by atoms with Crippen LogP contribution in [0.25, 0.3) is 55.8 Å². The summed E-state index contributed by atoms with van der Waals surface area (Å²) >= 11 is 40.4. The number of aliphatic hydroxyl groups excluding tert-OH is 6. The molecule has 0 aliphatic heterocycles. The van der Waals surface area contributed by atoms with Crippen molar-refractivity contribution in [2.24, 2.45) is 0 Å². The molecule has 0 aliphatic carbocycles. The number of hydrogen-bond donors (Lipinski definition) is 11. The van der Waals surface area contributed by atoms with E-state index in [-0.39, 0.29) is 108 Å². The predicted molar refractivity (Wildman–Crippen MR) is 395 cm³/mol. The van der Waals surface area contributed by atoms with Gasteiger partial charge < -0.3 is 30.6 Å². The van der Waals surface area contributed by atoms with E-state index >= 15 is 0 Å². The quantitative estimate of drug-likeness (QED) is 0.0380. The first-order chi connectivity index (χ1) is 41.0. The average molecular weight is 1920 g/mol. The first-order valence-corrected chi connectivity index (χ1v) is 33.1. The number of pyridine rings is 5. The maximum Gasteiger partial charge on any atom is 0.328 e. The molecule has 38 heteroatoms. The van der Waals surface area contributed by atoms with Crippen molar-refractivity contribution in [3.05, 3.63) is 126 Å². The zero-order valence-corrected chi connectivity index (χ0v) is 62.9. The van der Waals surface area contributed by atoms with E-state index < -0.39 is 11.7 Å². The number of nitrogens with one attached hydrogen (secondary N) is 5. The lowest BCUT2D eigenvalue weighted by atomic mass is 10.1. The van der Waals surface area contributed by atoms with Crippen molar-refractivity contribution in [2.75, 3.05) is 39.6 Å². The van der Waals surface area contributed by atoms with Gasteiger partial charge in [0.05, 0.1) is 62.2 Å². The van der Waals surface area contributed by atoms with E-state index in [2.05, 4.69) is 140 Å². The van der Waals surface area contributed by atoms with Gasteiger partial charge in [0.1, 0.15) is 27.6 Å². The number of aromatic amines is 5. The number of rotatable bonds is 17. The molecule has 0 radical (unpaired) electrons. The van der Waals surface area contributed by atoms with E-state index in [1.54, 1.807) is 18.3 Å². The van der Waals surface area contributed by atoms with Crippen LogP contribution in [0.15, 0.2) is 55.0 Å². The molecule has 10 aromatic rings. The van der Waals surface area contributed by atoms with E-state index in [4.69, 9.17) is 88.6 Å². The standard InChI is InChI=1S/2C11H13ClIN3O2.C10H11ClIN3O2.C9H9ClIN3O3.C9H9ClIN3O2.2H2S/c2*1-2-6(3-4-17)16-9-8(13)7(12)5-14-10(9)15-11(16)18;1-5(2-3-16)15-8-7(12)6(11)4-13-9(8)14-10(15)17;10-5-1-12-8-7(6(5)11)14(9(17)13-8)4(2-15)3-16;10-5-4-12-8-7(6(5)11)14(2-1-3-15)9(16)13-8;;/h2*5-6,17H,2-4H2,1H3,(H,14,15,18);4-5,16H,2-3H2,1H3,(H,13,14,17);1,4,15-16H,2-3H2,(H,12,13,17);4,15H,1-3H2,(H,12,13,16);2*1H2/t2*6-;5-;;;;/m100..../s1. The third-order valence-electron chi connectivity index (χ3n) is 13.1. The predicted octanol–water partition coefficient (Wildman–Crippen LogP) is 8.66. The normalized spacial score (nSPS) is 12.2. The van der Waals surface area contributed by atoms with Gasteiger partial charge in [0.2, 0.25) is 0 Å². The number of hydrogen-bond acceptors (Lipinski definition) is 16. The molecule has 3 atom stereocenters. The van der Waals surface area contributed by atoms with Crippen molar-refractivity contribution in [3.63, 3.8) is 0 Å². The molecule has 10 heterocycles. The Morgan fingerprint density at radius 3 is 0.989 bits per heavy atom. The summed E-state index contributed by atoms with van der Waals surface area (Å²) < 4.78 is 11.5. The summed E-state index contributed by atoms with van der Waals surface area (Å²) in [6.07, 6.45) is 11.1. The Labute approximate surface area is 605 Å². The molecule has 10 aromatic heterocycles. The molecular formula is C50H59Cl5I5N15O11S2. The zero-order chi connectivity index (χ0) is 63.4. The Bertz CT molecular complexity index is 4190. The molecule has 10 rings (SSSR count). The van der Waals surface area contributed by atoms with Crippen LogP contribution in [0.3, 0.4) is 0 Å². The largest absolute Gasteiger partial charge is 0.396 e. The van der Waals surface area contributed by atoms with Crippen LogP contribution in [0.2, 0.25) is 25.1 Å². The number of aromatic nitrogens is 15. The van der Waals surface area contributed by atoms with Crippen molar-refractivity contribution in [1.29, 1.82) is 0 Å². The summed E-state index contributed by atoms with van der Waals surface area (Å²) in [5.41, 5.74) is 4.52. The van der Waals surface area contributed by atoms with Gasteiger partial charge in [-0.05, 0) is 158 Å². The summed E-state index contributed by atoms with van der Waals surface area (Å²) in [5, 5.41) is 56.7. The molecule has 0 bridgehead atoms. The van der Waals surface area contributed by atoms with Gasteiger partial charge in [-0.1, -0.05) is 71.9 Å². The third kappa shape index (κ3) is 17.7. The van der Waals surface area contributed by atoms with Gasteiger partial charge in [-0.2, -0.15) is 27.0 Å². The fourth-order valence-electron chi connectivity index (χ4n) is 8.96. The first-order valence-electron chi connectivity index (χ1n) is 25.8. The average Bonchev–Trinajstić information content (AvgIpc) is 1.91. The monoisotopic (exact) mass is 1920 g/mol. The van der Waals surface area contributed by atoms with Crippen LogP contribution < -0.4 is 28.4 Å². The van der Waals surface area contributed by atoms with Crippen LogP contribution in [-0.4, -0.2) is 143 Å². The maximum absolute atomic E-state index is 12.0. The number of H-pyrrole nitrogens is 5. The van der Waals surface area contributed by atoms with E-state index in [1.807, 2.05) is 43.4 Å². The van der Waals surface area contributed by atoms with Gasteiger partial charge in [-0.3, -0.25) is 47.8 Å². The molecule has 11 N–H and O–H groups in total. The Morgan fingerprint density at radius 1 is 0.420 bits per heavy atom. The smallest absolute Gasteiger partial charge is 0.328 e. The van der Waals surface area contributed by atoms with Crippen LogP contribution in [0.1, 0.15) is 83.5 Å². The second-order valence-corrected chi connectivity index (χ2v) is 25.9. The molecule has 0 aromatic carbocycles. The van der Waals surface area contributed by atoms with Gasteiger partial charge in [0.15, 0.2) is 28.2 Å². The first kappa shape index (κ1) is 78.1. The third-order valence-corrected chi connectivity index (χ3v) is 21.6. The number of aliphatic hydroxyl groups is 6. The number of nitrogens with zero attached hydrogens (tertiary/aromatic N) is 10. The molecule has 26 nitrogen and oxygen atoms in total. The summed E-state index contributed by atoms with van der Waals surface area (Å²) in [7, 11) is 0. The van der Waals surface area contributed by atoms with Crippen molar-refractivity contribution >= 4 is 254 Å². The number of halogens is 10. The van der Waals surface area contributed by atoms with Gasteiger partial charge in [0.25, 0.3) is 0 Å². The number of aryl methyl sites for hydroxylation is 1. The highest BCUT2D eigenvalue weighted by Gasteiger charge is 2.23. The highest BCUT2D eigenvalue weighted by atomic mass is 127. The minimum absolute atomic E-state index is 0. The molecule has 0 unspecified atom stereocenters. The van der Waals surface area contributed by atoms with Crippen molar-refractivity contribution in [1.82, 2.24) is 72.7 Å². The maximum atomic E-state index is 12.0. The van der Waals surface area contributed by atoms with E-state index in [1.165, 1.54) is 35.6 Å². The minimum Gasteiger partial charge on any atom is -0.396 e. The van der Waals surface area contributed by atoms with Crippen LogP contribution in [-0.2, 0) is 6.54 Å². The van der Waals surface area contributed by atoms with E-state index in [0.717, 1.165) is 27.1 Å². The van der Waals surface area contributed by atoms with Crippen molar-refractivity contribution in [3.8, 4) is 0 Å². The SMILES string of the molecule is CC[C@@H](CCO)n1c(=O)[nH]c2ncc(Cl)c(I)c21.CC[C@H](CCO)n1c(=O)[nH]c2ncc(Cl)c(I)c21.C[C@@H](CCO)n1c(=O)[nH]c2ncc(Cl)c(I)c21.O=c1[nH]c2ncc(Cl)c(I)c2n1C(CO)CO.O=c1[nH]c2ncc(Cl)c(I)c2n1CCCO.S.S. The van der Waals surface area contributed by atoms with Crippen LogP contribution in [0, 0.1) is 17.9 Å². The molecule has 482 valence electrons. The summed E-state index contributed by atoms with van der Waals surface area (Å²) in [6, 6.07) is -0.907. The Balaban J connectivity index is 0.000000234. The van der Waals surface area contributed by atoms with E-state index in [9.17, 15) is 24.0 Å². The molecule has 88 heavy (non-hydrogen) atoms. The molecule has 0 amide bonds. The molecular weight excluding hydrogens is 1860 g/mol. The summed E-state index contributed by atoms with van der Waals surface area (Å²) in [5.74, 6) is 0. The lowest BCUT2D eigenvalue weighted by molar-refractivity contribution is 0.155. The highest BCUT2D eigenvalue weighted by Crippen LogP contribution is 2.31. The van der Waals surface area contributed by atoms with Gasteiger partial charge in [-0.15, -0.1) is 0 Å². The van der Waals surface area contributed by atoms with Gasteiger partial charge >= 0.3 is 28.4 Å². The Morgan fingerprint density at radius 2 is 0.693 bits per heavy atom. The molecule has 0 saturated heterocycles. The van der Waals surface area contributed by atoms with Crippen molar-refractivity contribution < 1.29 is 30.6 Å². The number of fused-ring (bicyclic) bond motifs is 5. The fourth-order valence-corrected chi connectivity index (χ4v) is 13.0. The van der Waals surface area contributed by atoms with Crippen LogP contribution in [0.4, 0.5) is 0 Å². The second-order valence-electron chi connectivity index (χ2n) is 18.5. The molecule has 0 saturated carbocycles.